The molecule has 0 unspecified atom stereocenters. The van der Waals surface area contributed by atoms with Crippen LogP contribution in [0.2, 0.25) is 0 Å². The highest BCUT2D eigenvalue weighted by molar-refractivity contribution is 7.89. The van der Waals surface area contributed by atoms with Crippen LogP contribution in [0, 0.1) is 6.92 Å². The lowest BCUT2D eigenvalue weighted by molar-refractivity contribution is 0.0945. The van der Waals surface area contributed by atoms with E-state index in [-0.39, 0.29) is 10.7 Å². The maximum atomic E-state index is 13.5. The Morgan fingerprint density at radius 1 is 1.03 bits per heavy atom. The zero-order valence-corrected chi connectivity index (χ0v) is 18.5. The summed E-state index contributed by atoms with van der Waals surface area (Å²) in [6.07, 6.45) is 2.41. The lowest BCUT2D eigenvalue weighted by atomic mass is 9.96. The molecule has 0 aliphatic rings. The minimum atomic E-state index is -3.71. The lowest BCUT2D eigenvalue weighted by Gasteiger charge is -2.18. The van der Waals surface area contributed by atoms with Crippen molar-refractivity contribution in [3.8, 4) is 0 Å². The van der Waals surface area contributed by atoms with Gasteiger partial charge in [-0.3, -0.25) is 4.79 Å². The van der Waals surface area contributed by atoms with E-state index in [4.69, 9.17) is 5.14 Å². The second-order valence-electron chi connectivity index (χ2n) is 7.85. The number of aryl methyl sites for hydroxylation is 1. The molecule has 6 nitrogen and oxygen atoms in total. The fraction of sp³-hybridized carbons (Fsp3) is 0.160. The number of Topliss-reactive ketones (excluding diaryl/α,β-unsaturated/α-hetero) is 1. The third-order valence-corrected chi connectivity index (χ3v) is 6.44. The minimum absolute atomic E-state index is 0.00382. The minimum Gasteiger partial charge on any atom is -0.360 e. The molecule has 0 radical (unpaired) electrons. The summed E-state index contributed by atoms with van der Waals surface area (Å²) in [5, 5.41) is 9.45. The number of hydrogen-bond acceptors (Lipinski definition) is 4. The first kappa shape index (κ1) is 22.0. The lowest BCUT2D eigenvalue weighted by Crippen LogP contribution is -2.30. The second-order valence-corrected chi connectivity index (χ2v) is 9.41. The van der Waals surface area contributed by atoms with Crippen molar-refractivity contribution in [1.82, 2.24) is 10.3 Å². The number of fused-ring (bicyclic) bond motifs is 1. The highest BCUT2D eigenvalue weighted by Crippen LogP contribution is 2.25. The van der Waals surface area contributed by atoms with Crippen LogP contribution in [-0.2, 0) is 16.4 Å². The van der Waals surface area contributed by atoms with Crippen LogP contribution in [0.3, 0.4) is 0 Å². The van der Waals surface area contributed by atoms with E-state index in [2.05, 4.69) is 10.3 Å². The number of aromatic amines is 1. The Bertz CT molecular complexity index is 1340. The molecule has 0 amide bonds. The van der Waals surface area contributed by atoms with E-state index < -0.39 is 16.1 Å². The normalized spacial score (nSPS) is 12.7. The molecule has 164 valence electrons. The Labute approximate surface area is 187 Å². The standard InChI is InChI=1S/C25H25N3O3S/c1-17-7-12-21-22(16-28-23(21)15-17)25(29)24(19-5-3-2-4-6-19)27-14-13-18-8-10-20(11-9-18)32(26,30)31/h2-12,15-16,24,27-28H,13-14H2,1H3,(H2,26,30,31)/t24-/m1/s1. The van der Waals surface area contributed by atoms with Crippen molar-refractivity contribution < 1.29 is 13.2 Å². The highest BCUT2D eigenvalue weighted by atomic mass is 32.2. The number of nitrogens with one attached hydrogen (secondary N) is 2. The SMILES string of the molecule is Cc1ccc2c(C(=O)[C@H](NCCc3ccc(S(N)(=O)=O)cc3)c3ccccc3)c[nH]c2c1. The molecule has 0 spiro atoms. The van der Waals surface area contributed by atoms with Crippen LogP contribution < -0.4 is 10.5 Å². The van der Waals surface area contributed by atoms with Gasteiger partial charge in [-0.25, -0.2) is 13.6 Å². The van der Waals surface area contributed by atoms with Crippen molar-refractivity contribution in [2.45, 2.75) is 24.3 Å². The van der Waals surface area contributed by atoms with E-state index in [1.807, 2.05) is 55.5 Å². The Morgan fingerprint density at radius 3 is 2.44 bits per heavy atom. The van der Waals surface area contributed by atoms with E-state index in [9.17, 15) is 13.2 Å². The maximum Gasteiger partial charge on any atom is 0.238 e. The number of sulfonamides is 1. The molecule has 0 bridgehead atoms. The van der Waals surface area contributed by atoms with Crippen molar-refractivity contribution in [2.24, 2.45) is 5.14 Å². The average Bonchev–Trinajstić information content (AvgIpc) is 3.19. The molecule has 7 heteroatoms. The van der Waals surface area contributed by atoms with Crippen molar-refractivity contribution in [3.05, 3.63) is 101 Å². The zero-order chi connectivity index (χ0) is 22.7. The summed E-state index contributed by atoms with van der Waals surface area (Å²) in [6.45, 7) is 2.56. The molecule has 4 aromatic rings. The summed E-state index contributed by atoms with van der Waals surface area (Å²) in [7, 11) is -3.71. The van der Waals surface area contributed by atoms with E-state index in [1.54, 1.807) is 18.3 Å². The summed E-state index contributed by atoms with van der Waals surface area (Å²) in [4.78, 5) is 16.8. The molecule has 1 aromatic heterocycles. The fourth-order valence-electron chi connectivity index (χ4n) is 3.81. The van der Waals surface area contributed by atoms with Crippen molar-refractivity contribution in [2.75, 3.05) is 6.54 Å². The summed E-state index contributed by atoms with van der Waals surface area (Å²) in [6, 6.07) is 21.6. The van der Waals surface area contributed by atoms with E-state index >= 15 is 0 Å². The number of nitrogens with two attached hydrogens (primary N) is 1. The van der Waals surface area contributed by atoms with Crippen molar-refractivity contribution in [1.29, 1.82) is 0 Å². The van der Waals surface area contributed by atoms with Crippen LogP contribution in [0.15, 0.2) is 83.9 Å². The summed E-state index contributed by atoms with van der Waals surface area (Å²) in [5.74, 6) is -0.00382. The molecule has 0 aliphatic carbocycles. The predicted octanol–water partition coefficient (Wildman–Crippen LogP) is 3.88. The van der Waals surface area contributed by atoms with Crippen molar-refractivity contribution >= 4 is 26.7 Å². The topological polar surface area (TPSA) is 105 Å². The van der Waals surface area contributed by atoms with Gasteiger partial charge in [-0.05, 0) is 48.2 Å². The van der Waals surface area contributed by atoms with Gasteiger partial charge in [-0.15, -0.1) is 0 Å². The van der Waals surface area contributed by atoms with Crippen LogP contribution in [0.25, 0.3) is 10.9 Å². The molecule has 3 aromatic carbocycles. The molecular formula is C25H25N3O3S. The van der Waals surface area contributed by atoms with Gasteiger partial charge in [-0.2, -0.15) is 0 Å². The van der Waals surface area contributed by atoms with Crippen LogP contribution in [0.4, 0.5) is 0 Å². The Morgan fingerprint density at radius 2 is 1.75 bits per heavy atom. The number of benzene rings is 3. The summed E-state index contributed by atoms with van der Waals surface area (Å²) < 4.78 is 22.9. The van der Waals surface area contributed by atoms with Gasteiger partial charge in [0.2, 0.25) is 10.0 Å². The number of carbonyl (C=O) groups excluding carboxylic acids is 1. The van der Waals surface area contributed by atoms with Gasteiger partial charge in [0, 0.05) is 29.2 Å². The zero-order valence-electron chi connectivity index (χ0n) is 17.7. The Hall–Kier alpha value is -3.26. The monoisotopic (exact) mass is 447 g/mol. The molecule has 0 aliphatic heterocycles. The first-order chi connectivity index (χ1) is 15.3. The Kier molecular flexibility index (Phi) is 6.23. The molecule has 4 N–H and O–H groups in total. The number of carbonyl (C=O) groups is 1. The Balaban J connectivity index is 1.54. The molecule has 4 rings (SSSR count). The third-order valence-electron chi connectivity index (χ3n) is 5.51. The number of primary sulfonamides is 1. The third kappa shape index (κ3) is 4.80. The molecule has 0 saturated carbocycles. The summed E-state index contributed by atoms with van der Waals surface area (Å²) >= 11 is 0. The van der Waals surface area contributed by atoms with Gasteiger partial charge in [0.15, 0.2) is 5.78 Å². The van der Waals surface area contributed by atoms with Crippen LogP contribution in [0.1, 0.15) is 33.1 Å². The average molecular weight is 448 g/mol. The number of hydrogen-bond donors (Lipinski definition) is 3. The number of H-pyrrole nitrogens is 1. The van der Waals surface area contributed by atoms with E-state index in [0.717, 1.165) is 27.6 Å². The number of ketones is 1. The number of rotatable bonds is 8. The molecular weight excluding hydrogens is 422 g/mol. The smallest absolute Gasteiger partial charge is 0.238 e. The quantitative estimate of drug-likeness (QED) is 0.357. The van der Waals surface area contributed by atoms with Gasteiger partial charge >= 0.3 is 0 Å². The highest BCUT2D eigenvalue weighted by Gasteiger charge is 2.24. The molecule has 0 saturated heterocycles. The van der Waals surface area contributed by atoms with Crippen LogP contribution >= 0.6 is 0 Å². The van der Waals surface area contributed by atoms with Crippen molar-refractivity contribution in [3.63, 3.8) is 0 Å². The molecule has 1 heterocycles. The largest absolute Gasteiger partial charge is 0.360 e. The maximum absolute atomic E-state index is 13.5. The first-order valence-electron chi connectivity index (χ1n) is 10.3. The molecule has 0 fully saturated rings. The van der Waals surface area contributed by atoms with Gasteiger partial charge in [-0.1, -0.05) is 54.6 Å². The van der Waals surface area contributed by atoms with E-state index in [1.165, 1.54) is 12.1 Å². The number of aromatic nitrogens is 1. The van der Waals surface area contributed by atoms with Gasteiger partial charge in [0.1, 0.15) is 0 Å². The van der Waals surface area contributed by atoms with Gasteiger partial charge in [0.05, 0.1) is 10.9 Å². The van der Waals surface area contributed by atoms with Crippen LogP contribution in [0.5, 0.6) is 0 Å². The van der Waals surface area contributed by atoms with Gasteiger partial charge in [0.25, 0.3) is 0 Å². The summed E-state index contributed by atoms with van der Waals surface area (Å²) in [5.41, 5.74) is 4.56. The fourth-order valence-corrected chi connectivity index (χ4v) is 4.33. The second kappa shape index (κ2) is 9.08. The van der Waals surface area contributed by atoms with E-state index in [0.29, 0.717) is 18.5 Å². The first-order valence-corrected chi connectivity index (χ1v) is 11.9. The molecule has 1 atom stereocenters. The van der Waals surface area contributed by atoms with Gasteiger partial charge < -0.3 is 10.3 Å². The molecule has 32 heavy (non-hydrogen) atoms. The van der Waals surface area contributed by atoms with Crippen LogP contribution in [-0.4, -0.2) is 25.7 Å². The predicted molar refractivity (Wildman–Crippen MR) is 126 cm³/mol.